The summed E-state index contributed by atoms with van der Waals surface area (Å²) in [6.45, 7) is 2.14. The minimum Gasteiger partial charge on any atom is -0.493 e. The van der Waals surface area contributed by atoms with Crippen LogP contribution in [0.4, 0.5) is 5.69 Å². The predicted molar refractivity (Wildman–Crippen MR) is 100 cm³/mol. The molecule has 7 heteroatoms. The normalized spacial score (nSPS) is 15.6. The fourth-order valence-electron chi connectivity index (χ4n) is 3.45. The highest BCUT2D eigenvalue weighted by Crippen LogP contribution is 2.36. The minimum absolute atomic E-state index is 0.0349. The van der Waals surface area contributed by atoms with Gasteiger partial charge in [-0.05, 0) is 37.3 Å². The van der Waals surface area contributed by atoms with Crippen molar-refractivity contribution in [2.45, 2.75) is 32.2 Å². The first-order chi connectivity index (χ1) is 13.0. The summed E-state index contributed by atoms with van der Waals surface area (Å²) in [6.07, 6.45) is 2.72. The molecule has 0 aliphatic heterocycles. The van der Waals surface area contributed by atoms with Crippen LogP contribution in [0.1, 0.15) is 47.3 Å². The molecular weight excluding hydrogens is 348 g/mol. The Morgan fingerprint density at radius 3 is 2.78 bits per heavy atom. The summed E-state index contributed by atoms with van der Waals surface area (Å²) in [5.41, 5.74) is 1.93. The average molecular weight is 370 g/mol. The third-order valence-corrected chi connectivity index (χ3v) is 4.70. The summed E-state index contributed by atoms with van der Waals surface area (Å²) < 4.78 is 10.6. The number of fused-ring (bicyclic) bond motifs is 1. The number of hydrogen-bond acceptors (Lipinski definition) is 5. The topological polar surface area (TPSA) is 90.7 Å². The lowest BCUT2D eigenvalue weighted by Crippen LogP contribution is -2.31. The second kappa shape index (κ2) is 8.07. The zero-order valence-corrected chi connectivity index (χ0v) is 15.4. The van der Waals surface area contributed by atoms with E-state index in [9.17, 15) is 14.9 Å². The predicted octanol–water partition coefficient (Wildman–Crippen LogP) is 3.81. The Morgan fingerprint density at radius 1 is 1.30 bits per heavy atom. The highest BCUT2D eigenvalue weighted by atomic mass is 16.6. The minimum atomic E-state index is -0.581. The van der Waals surface area contributed by atoms with Gasteiger partial charge in [0.15, 0.2) is 11.5 Å². The van der Waals surface area contributed by atoms with Gasteiger partial charge in [0, 0.05) is 6.07 Å². The third-order valence-electron chi connectivity index (χ3n) is 4.70. The molecule has 1 N–H and O–H groups in total. The van der Waals surface area contributed by atoms with Gasteiger partial charge in [-0.3, -0.25) is 14.9 Å². The van der Waals surface area contributed by atoms with Crippen molar-refractivity contribution in [2.75, 3.05) is 13.7 Å². The lowest BCUT2D eigenvalue weighted by molar-refractivity contribution is -0.385. The van der Waals surface area contributed by atoms with Gasteiger partial charge in [0.25, 0.3) is 11.6 Å². The number of nitro groups is 1. The zero-order chi connectivity index (χ0) is 19.4. The maximum absolute atomic E-state index is 12.9. The van der Waals surface area contributed by atoms with Crippen LogP contribution in [0.5, 0.6) is 11.5 Å². The van der Waals surface area contributed by atoms with Crippen LogP contribution < -0.4 is 14.8 Å². The van der Waals surface area contributed by atoms with Gasteiger partial charge in [0.1, 0.15) is 5.56 Å². The highest BCUT2D eigenvalue weighted by molar-refractivity contribution is 5.99. The number of ether oxygens (including phenoxy) is 2. The van der Waals surface area contributed by atoms with E-state index in [1.807, 2.05) is 18.2 Å². The van der Waals surface area contributed by atoms with Gasteiger partial charge >= 0.3 is 0 Å². The molecule has 0 saturated carbocycles. The van der Waals surface area contributed by atoms with Gasteiger partial charge in [0.05, 0.1) is 30.7 Å². The van der Waals surface area contributed by atoms with Crippen LogP contribution in [0.2, 0.25) is 0 Å². The number of benzene rings is 2. The van der Waals surface area contributed by atoms with Crippen molar-refractivity contribution in [3.8, 4) is 11.5 Å². The lowest BCUT2D eigenvalue weighted by atomic mass is 9.87. The van der Waals surface area contributed by atoms with E-state index >= 15 is 0 Å². The van der Waals surface area contributed by atoms with Gasteiger partial charge in [0.2, 0.25) is 0 Å². The number of nitro benzene ring substituents is 1. The number of carbonyl (C=O) groups is 1. The fourth-order valence-corrected chi connectivity index (χ4v) is 3.45. The molecule has 2 aromatic rings. The number of nitrogens with one attached hydrogen (secondary N) is 1. The van der Waals surface area contributed by atoms with Crippen molar-refractivity contribution in [1.29, 1.82) is 0 Å². The summed E-state index contributed by atoms with van der Waals surface area (Å²) in [6, 6.07) is 10.4. The van der Waals surface area contributed by atoms with Gasteiger partial charge < -0.3 is 14.8 Å². The second-order valence-electron chi connectivity index (χ2n) is 6.33. The number of carbonyl (C=O) groups excluding carboxylic acids is 1. The number of hydrogen-bond donors (Lipinski definition) is 1. The van der Waals surface area contributed by atoms with E-state index in [0.29, 0.717) is 12.4 Å². The molecule has 1 atom stereocenters. The summed E-state index contributed by atoms with van der Waals surface area (Å²) in [5.74, 6) is 0.0370. The smallest absolute Gasteiger partial charge is 0.286 e. The standard InChI is InChI=1S/C20H22N2O5/c1-3-27-19-11-15(17(22(24)25)12-18(19)26-2)20(23)21-16-10-6-8-13-7-4-5-9-14(13)16/h4-5,7,9,11-12,16H,3,6,8,10H2,1-2H3,(H,21,23)/t16-/m0/s1. The summed E-state index contributed by atoms with van der Waals surface area (Å²) in [5, 5.41) is 14.4. The largest absolute Gasteiger partial charge is 0.493 e. The van der Waals surface area contributed by atoms with Gasteiger partial charge in [-0.1, -0.05) is 24.3 Å². The zero-order valence-electron chi connectivity index (χ0n) is 15.4. The maximum Gasteiger partial charge on any atom is 0.286 e. The Bertz CT molecular complexity index is 865. The van der Waals surface area contributed by atoms with Crippen LogP contribution >= 0.6 is 0 Å². The van der Waals surface area contributed by atoms with Crippen LogP contribution in [0.15, 0.2) is 36.4 Å². The molecule has 1 aliphatic carbocycles. The molecule has 0 saturated heterocycles. The Balaban J connectivity index is 1.94. The summed E-state index contributed by atoms with van der Waals surface area (Å²) in [4.78, 5) is 23.8. The van der Waals surface area contributed by atoms with E-state index in [-0.39, 0.29) is 23.0 Å². The number of rotatable bonds is 6. The molecule has 0 bridgehead atoms. The molecule has 3 rings (SSSR count). The molecule has 0 heterocycles. The van der Waals surface area contributed by atoms with Crippen molar-refractivity contribution < 1.29 is 19.2 Å². The van der Waals surface area contributed by atoms with Gasteiger partial charge in [-0.25, -0.2) is 0 Å². The molecule has 27 heavy (non-hydrogen) atoms. The molecule has 1 aliphatic rings. The van der Waals surface area contributed by atoms with Crippen LogP contribution in [0.3, 0.4) is 0 Å². The van der Waals surface area contributed by atoms with Crippen molar-refractivity contribution >= 4 is 11.6 Å². The van der Waals surface area contributed by atoms with E-state index in [1.54, 1.807) is 6.92 Å². The molecular formula is C20H22N2O5. The molecule has 0 radical (unpaired) electrons. The van der Waals surface area contributed by atoms with E-state index < -0.39 is 10.8 Å². The van der Waals surface area contributed by atoms with Crippen LogP contribution in [-0.2, 0) is 6.42 Å². The van der Waals surface area contributed by atoms with Gasteiger partial charge in [-0.2, -0.15) is 0 Å². The molecule has 1 amide bonds. The maximum atomic E-state index is 12.9. The molecule has 7 nitrogen and oxygen atoms in total. The number of aryl methyl sites for hydroxylation is 1. The van der Waals surface area contributed by atoms with E-state index in [4.69, 9.17) is 9.47 Å². The Morgan fingerprint density at radius 2 is 2.07 bits per heavy atom. The first kappa shape index (κ1) is 18.7. The first-order valence-corrected chi connectivity index (χ1v) is 8.93. The monoisotopic (exact) mass is 370 g/mol. The van der Waals surface area contributed by atoms with Crippen molar-refractivity contribution in [2.24, 2.45) is 0 Å². The molecule has 0 spiro atoms. The van der Waals surface area contributed by atoms with Crippen LogP contribution in [0, 0.1) is 10.1 Å². The molecule has 142 valence electrons. The molecule has 2 aromatic carbocycles. The third kappa shape index (κ3) is 3.86. The van der Waals surface area contributed by atoms with E-state index in [0.717, 1.165) is 24.8 Å². The highest BCUT2D eigenvalue weighted by Gasteiger charge is 2.28. The van der Waals surface area contributed by atoms with Crippen molar-refractivity contribution in [1.82, 2.24) is 5.32 Å². The molecule has 0 unspecified atom stereocenters. The van der Waals surface area contributed by atoms with Crippen LogP contribution in [0.25, 0.3) is 0 Å². The fraction of sp³-hybridized carbons (Fsp3) is 0.350. The number of amides is 1. The number of nitrogens with zero attached hydrogens (tertiary/aromatic N) is 1. The lowest BCUT2D eigenvalue weighted by Gasteiger charge is -2.26. The van der Waals surface area contributed by atoms with Crippen LogP contribution in [-0.4, -0.2) is 24.5 Å². The summed E-state index contributed by atoms with van der Waals surface area (Å²) in [7, 11) is 1.40. The van der Waals surface area contributed by atoms with Crippen molar-refractivity contribution in [3.63, 3.8) is 0 Å². The molecule has 0 fully saturated rings. The number of methoxy groups -OCH3 is 1. The second-order valence-corrected chi connectivity index (χ2v) is 6.33. The SMILES string of the molecule is CCOc1cc(C(=O)N[C@H]2CCCc3ccccc32)c([N+](=O)[O-])cc1OC. The average Bonchev–Trinajstić information content (AvgIpc) is 2.68. The Kier molecular flexibility index (Phi) is 5.59. The molecule has 0 aromatic heterocycles. The van der Waals surface area contributed by atoms with E-state index in [2.05, 4.69) is 11.4 Å². The van der Waals surface area contributed by atoms with E-state index in [1.165, 1.54) is 24.8 Å². The Labute approximate surface area is 157 Å². The first-order valence-electron chi connectivity index (χ1n) is 8.93. The van der Waals surface area contributed by atoms with Crippen molar-refractivity contribution in [3.05, 3.63) is 63.2 Å². The Hall–Kier alpha value is -3.09. The van der Waals surface area contributed by atoms with Gasteiger partial charge in [-0.15, -0.1) is 0 Å². The summed E-state index contributed by atoms with van der Waals surface area (Å²) >= 11 is 0. The quantitative estimate of drug-likeness (QED) is 0.617.